The highest BCUT2D eigenvalue weighted by atomic mass is 16.5. The molecule has 0 bridgehead atoms. The summed E-state index contributed by atoms with van der Waals surface area (Å²) >= 11 is 0. The van der Waals surface area contributed by atoms with Gasteiger partial charge >= 0.3 is 0 Å². The summed E-state index contributed by atoms with van der Waals surface area (Å²) in [4.78, 5) is 23.6. The van der Waals surface area contributed by atoms with Crippen LogP contribution in [0.2, 0.25) is 0 Å². The predicted molar refractivity (Wildman–Crippen MR) is 150 cm³/mol. The highest BCUT2D eigenvalue weighted by Gasteiger charge is 2.44. The van der Waals surface area contributed by atoms with E-state index in [1.807, 2.05) is 31.2 Å². The lowest BCUT2D eigenvalue weighted by atomic mass is 9.84. The Hall–Kier alpha value is -3.17. The lowest BCUT2D eigenvalue weighted by molar-refractivity contribution is -0.126. The number of aliphatic imine (C=N–C) groups is 1. The maximum atomic E-state index is 13.8. The fourth-order valence-corrected chi connectivity index (χ4v) is 6.14. The third kappa shape index (κ3) is 5.34. The van der Waals surface area contributed by atoms with Gasteiger partial charge in [-0.25, -0.2) is 10.0 Å². The molecule has 5 aliphatic rings. The molecule has 5 heterocycles. The van der Waals surface area contributed by atoms with Gasteiger partial charge in [-0.1, -0.05) is 0 Å². The largest absolute Gasteiger partial charge is 0.493 e. The van der Waals surface area contributed by atoms with Gasteiger partial charge in [0.05, 0.1) is 36.6 Å². The van der Waals surface area contributed by atoms with Crippen molar-refractivity contribution in [3.05, 3.63) is 52.9 Å². The molecule has 1 amide bonds. The fourth-order valence-electron chi connectivity index (χ4n) is 6.14. The fraction of sp³-hybridized carbons (Fsp3) is 0.567. The smallest absolute Gasteiger partial charge is 0.278 e. The molecule has 0 saturated carbocycles. The maximum absolute atomic E-state index is 13.8. The van der Waals surface area contributed by atoms with Gasteiger partial charge in [0.1, 0.15) is 11.5 Å². The quantitative estimate of drug-likeness (QED) is 0.449. The summed E-state index contributed by atoms with van der Waals surface area (Å²) in [5, 5.41) is 6.57. The number of hydrogen-bond acceptors (Lipinski definition) is 8. The summed E-state index contributed by atoms with van der Waals surface area (Å²) in [5.74, 6) is 2.73. The van der Waals surface area contributed by atoms with Crippen LogP contribution in [-0.2, 0) is 14.3 Å². The molecule has 0 spiro atoms. The lowest BCUT2D eigenvalue weighted by Gasteiger charge is -2.30. The molecular formula is C30H39N5O4. The van der Waals surface area contributed by atoms with Gasteiger partial charge in [-0.05, 0) is 96.4 Å². The molecule has 1 atom stereocenters. The van der Waals surface area contributed by atoms with E-state index in [1.165, 1.54) is 25.9 Å². The van der Waals surface area contributed by atoms with Gasteiger partial charge in [0.25, 0.3) is 5.91 Å². The topological polar surface area (TPSA) is 83.1 Å². The zero-order valence-corrected chi connectivity index (χ0v) is 23.3. The van der Waals surface area contributed by atoms with Gasteiger partial charge in [0, 0.05) is 19.2 Å². The van der Waals surface area contributed by atoms with Crippen LogP contribution in [0.5, 0.6) is 0 Å². The van der Waals surface area contributed by atoms with Crippen molar-refractivity contribution in [2.24, 2.45) is 21.9 Å². The average Bonchev–Trinajstić information content (AvgIpc) is 3.69. The molecule has 9 heteroatoms. The van der Waals surface area contributed by atoms with E-state index in [4.69, 9.17) is 24.0 Å². The van der Waals surface area contributed by atoms with Crippen molar-refractivity contribution in [1.82, 2.24) is 14.8 Å². The summed E-state index contributed by atoms with van der Waals surface area (Å²) in [7, 11) is 3.80. The number of ether oxygens (including phenoxy) is 2. The third-order valence-electron chi connectivity index (χ3n) is 8.40. The second-order valence-electron chi connectivity index (χ2n) is 11.3. The Morgan fingerprint density at radius 1 is 1.10 bits per heavy atom. The molecule has 0 N–H and O–H groups in total. The second-order valence-corrected chi connectivity index (χ2v) is 11.3. The number of carbonyl (C=O) groups is 1. The van der Waals surface area contributed by atoms with Crippen LogP contribution in [-0.4, -0.2) is 92.2 Å². The Kier molecular flexibility index (Phi) is 7.44. The number of likely N-dealkylation sites (tertiary alicyclic amines) is 2. The lowest BCUT2D eigenvalue weighted by Crippen LogP contribution is -2.36. The zero-order valence-electron chi connectivity index (χ0n) is 23.3. The Morgan fingerprint density at radius 2 is 1.90 bits per heavy atom. The van der Waals surface area contributed by atoms with Gasteiger partial charge < -0.3 is 23.7 Å². The highest BCUT2D eigenvalue weighted by Crippen LogP contribution is 2.39. The van der Waals surface area contributed by atoms with E-state index >= 15 is 0 Å². The minimum Gasteiger partial charge on any atom is -0.493 e. The molecule has 4 aliphatic heterocycles. The number of rotatable bonds is 9. The highest BCUT2D eigenvalue weighted by molar-refractivity contribution is 6.37. The van der Waals surface area contributed by atoms with Crippen LogP contribution < -0.4 is 0 Å². The van der Waals surface area contributed by atoms with E-state index in [2.05, 4.69) is 16.8 Å². The number of aryl methyl sites for hydroxylation is 1. The first-order chi connectivity index (χ1) is 19.0. The number of allylic oxidation sites excluding steroid dienone is 2. The van der Waals surface area contributed by atoms with Gasteiger partial charge in [0.15, 0.2) is 17.3 Å². The van der Waals surface area contributed by atoms with E-state index in [0.717, 1.165) is 50.4 Å². The molecule has 1 unspecified atom stereocenters. The molecule has 1 aromatic heterocycles. The molecule has 2 fully saturated rings. The summed E-state index contributed by atoms with van der Waals surface area (Å²) < 4.78 is 17.9. The normalized spacial score (nSPS) is 24.3. The molecule has 0 aromatic carbocycles. The summed E-state index contributed by atoms with van der Waals surface area (Å²) in [6.07, 6.45) is 9.60. The number of hydrogen-bond donors (Lipinski definition) is 0. The SMILES string of the molecule is COC1=CC2C(=NC(c3ccc(C)o3)=C3C(=O)N(CC4CCN(C)CC4)N=C32)C=C1OCCCN1CCCC1. The van der Waals surface area contributed by atoms with Crippen LogP contribution in [0.3, 0.4) is 0 Å². The summed E-state index contributed by atoms with van der Waals surface area (Å²) in [5.41, 5.74) is 2.57. The van der Waals surface area contributed by atoms with Crippen molar-refractivity contribution in [3.8, 4) is 0 Å². The molecule has 9 nitrogen and oxygen atoms in total. The van der Waals surface area contributed by atoms with Crippen LogP contribution in [0.4, 0.5) is 0 Å². The maximum Gasteiger partial charge on any atom is 0.278 e. The van der Waals surface area contributed by atoms with Gasteiger partial charge in [-0.3, -0.25) is 4.79 Å². The van der Waals surface area contributed by atoms with E-state index in [-0.39, 0.29) is 11.8 Å². The molecule has 6 rings (SSSR count). The van der Waals surface area contributed by atoms with Gasteiger partial charge in [-0.2, -0.15) is 5.10 Å². The summed E-state index contributed by atoms with van der Waals surface area (Å²) in [6.45, 7) is 8.63. The Bertz CT molecular complexity index is 1260. The molecule has 1 aromatic rings. The number of furan rings is 1. The number of fused-ring (bicyclic) bond motifs is 3. The van der Waals surface area contributed by atoms with E-state index in [9.17, 15) is 4.79 Å². The van der Waals surface area contributed by atoms with Crippen molar-refractivity contribution in [1.29, 1.82) is 0 Å². The zero-order chi connectivity index (χ0) is 26.9. The number of carbonyl (C=O) groups excluding carboxylic acids is 1. The number of methoxy groups -OCH3 is 1. The van der Waals surface area contributed by atoms with Crippen molar-refractivity contribution < 1.29 is 18.7 Å². The summed E-state index contributed by atoms with van der Waals surface area (Å²) in [6, 6.07) is 3.78. The average molecular weight is 534 g/mol. The molecule has 1 aliphatic carbocycles. The number of amides is 1. The van der Waals surface area contributed by atoms with Crippen LogP contribution in [0, 0.1) is 18.8 Å². The predicted octanol–water partition coefficient (Wildman–Crippen LogP) is 3.84. The number of hydrazone groups is 1. The van der Waals surface area contributed by atoms with Gasteiger partial charge in [0.2, 0.25) is 0 Å². The van der Waals surface area contributed by atoms with Crippen molar-refractivity contribution in [3.63, 3.8) is 0 Å². The van der Waals surface area contributed by atoms with Crippen LogP contribution in [0.15, 0.2) is 55.9 Å². The second kappa shape index (κ2) is 11.1. The van der Waals surface area contributed by atoms with Crippen LogP contribution in [0.25, 0.3) is 5.70 Å². The van der Waals surface area contributed by atoms with E-state index < -0.39 is 0 Å². The van der Waals surface area contributed by atoms with Crippen molar-refractivity contribution in [2.45, 2.75) is 39.0 Å². The standard InChI is InChI=1S/C30H39N5O4/c1-20-7-8-24(39-20)29-27-28(32-35(30(27)36)19-21-9-14-33(2)15-10-21)22-17-25(37-3)26(18-23(22)31-29)38-16-6-13-34-11-4-5-12-34/h7-8,17-18,21-22H,4-6,9-16,19H2,1-3H3. The third-order valence-corrected chi connectivity index (χ3v) is 8.40. The Labute approximate surface area is 230 Å². The Balaban J connectivity index is 1.27. The van der Waals surface area contributed by atoms with Crippen molar-refractivity contribution in [2.75, 3.05) is 60.0 Å². The van der Waals surface area contributed by atoms with Crippen LogP contribution >= 0.6 is 0 Å². The number of nitrogens with zero attached hydrogens (tertiary/aromatic N) is 5. The minimum absolute atomic E-state index is 0.101. The first-order valence-corrected chi connectivity index (χ1v) is 14.3. The monoisotopic (exact) mass is 533 g/mol. The molecular weight excluding hydrogens is 494 g/mol. The minimum atomic E-state index is -0.279. The molecule has 2 saturated heterocycles. The van der Waals surface area contributed by atoms with E-state index in [0.29, 0.717) is 53.3 Å². The Morgan fingerprint density at radius 3 is 2.62 bits per heavy atom. The first-order valence-electron chi connectivity index (χ1n) is 14.3. The van der Waals surface area contributed by atoms with Gasteiger partial charge in [-0.15, -0.1) is 0 Å². The first kappa shape index (κ1) is 26.1. The van der Waals surface area contributed by atoms with E-state index in [1.54, 1.807) is 12.1 Å². The molecule has 39 heavy (non-hydrogen) atoms. The van der Waals surface area contributed by atoms with Crippen molar-refractivity contribution >= 4 is 23.0 Å². The van der Waals surface area contributed by atoms with Crippen LogP contribution in [0.1, 0.15) is 43.6 Å². The molecule has 208 valence electrons. The molecule has 0 radical (unpaired) electrons. The number of piperidine rings is 1.